The van der Waals surface area contributed by atoms with Crippen molar-refractivity contribution in [1.29, 1.82) is 0 Å². The van der Waals surface area contributed by atoms with E-state index in [2.05, 4.69) is 15.6 Å². The predicted octanol–water partition coefficient (Wildman–Crippen LogP) is -2.37. The zero-order valence-electron chi connectivity index (χ0n) is 22.1. The highest BCUT2D eigenvalue weighted by Crippen LogP contribution is 2.20. The minimum absolute atomic E-state index is 0.00767. The first kappa shape index (κ1) is 31.8. The van der Waals surface area contributed by atoms with E-state index >= 15 is 0 Å². The summed E-state index contributed by atoms with van der Waals surface area (Å²) in [6.45, 7) is 0.440. The third-order valence-corrected chi connectivity index (χ3v) is 6.43. The smallest absolute Gasteiger partial charge is 0.326 e. The lowest BCUT2D eigenvalue weighted by Gasteiger charge is -2.28. The normalized spacial score (nSPS) is 16.8. The molecule has 12 N–H and O–H groups in total. The number of carbonyl (C=O) groups excluding carboxylic acids is 4. The van der Waals surface area contributed by atoms with E-state index in [1.165, 1.54) is 17.0 Å². The maximum absolute atomic E-state index is 13.3. The molecule has 1 aromatic carbocycles. The van der Waals surface area contributed by atoms with Gasteiger partial charge in [-0.3, -0.25) is 24.2 Å². The van der Waals surface area contributed by atoms with Crippen LogP contribution in [0.3, 0.4) is 0 Å². The van der Waals surface area contributed by atoms with Crippen LogP contribution in [0.1, 0.15) is 44.1 Å². The Balaban J connectivity index is 2.17. The number of hydrogen-bond acceptors (Lipinski definition) is 8. The number of aliphatic imine (C=N–C) groups is 1. The molecule has 0 aliphatic carbocycles. The van der Waals surface area contributed by atoms with Crippen LogP contribution in [0.15, 0.2) is 29.3 Å². The van der Waals surface area contributed by atoms with Gasteiger partial charge in [-0.15, -0.1) is 0 Å². The molecule has 4 amide bonds. The molecule has 1 saturated heterocycles. The molecule has 15 heteroatoms. The van der Waals surface area contributed by atoms with Crippen LogP contribution in [0.5, 0.6) is 5.75 Å². The minimum Gasteiger partial charge on any atom is -0.508 e. The number of primary amides is 1. The number of phenolic OH excluding ortho intramolecular Hbond substituents is 1. The van der Waals surface area contributed by atoms with E-state index in [4.69, 9.17) is 22.9 Å². The largest absolute Gasteiger partial charge is 0.508 e. The number of phenols is 1. The molecule has 0 spiro atoms. The van der Waals surface area contributed by atoms with Crippen LogP contribution < -0.4 is 33.6 Å². The van der Waals surface area contributed by atoms with Gasteiger partial charge in [-0.1, -0.05) is 12.1 Å². The van der Waals surface area contributed by atoms with E-state index in [1.54, 1.807) is 12.1 Å². The second-order valence-corrected chi connectivity index (χ2v) is 9.58. The van der Waals surface area contributed by atoms with Crippen LogP contribution in [0.2, 0.25) is 0 Å². The lowest BCUT2D eigenvalue weighted by atomic mass is 10.0. The van der Waals surface area contributed by atoms with Crippen LogP contribution in [0.25, 0.3) is 0 Å². The van der Waals surface area contributed by atoms with Crippen LogP contribution in [-0.4, -0.2) is 87.9 Å². The molecule has 4 atom stereocenters. The number of guanidine groups is 1. The summed E-state index contributed by atoms with van der Waals surface area (Å²) in [5, 5.41) is 24.3. The molecule has 40 heavy (non-hydrogen) atoms. The van der Waals surface area contributed by atoms with Crippen LogP contribution in [0, 0.1) is 0 Å². The molecule has 0 radical (unpaired) electrons. The summed E-state index contributed by atoms with van der Waals surface area (Å²) in [6.07, 6.45) is 1.10. The summed E-state index contributed by atoms with van der Waals surface area (Å²) in [7, 11) is 0. The van der Waals surface area contributed by atoms with Crippen molar-refractivity contribution in [1.82, 2.24) is 15.5 Å². The van der Waals surface area contributed by atoms with Crippen molar-refractivity contribution < 1.29 is 34.2 Å². The number of amides is 4. The maximum atomic E-state index is 13.3. The molecule has 1 aliphatic rings. The predicted molar refractivity (Wildman–Crippen MR) is 144 cm³/mol. The van der Waals surface area contributed by atoms with Crippen LogP contribution in [0.4, 0.5) is 0 Å². The first-order valence-corrected chi connectivity index (χ1v) is 12.9. The van der Waals surface area contributed by atoms with Crippen LogP contribution >= 0.6 is 0 Å². The zero-order chi connectivity index (χ0) is 29.8. The van der Waals surface area contributed by atoms with Gasteiger partial charge in [-0.05, 0) is 49.8 Å². The second-order valence-electron chi connectivity index (χ2n) is 9.58. The molecule has 0 aromatic heterocycles. The van der Waals surface area contributed by atoms with Crippen molar-refractivity contribution in [2.24, 2.45) is 27.9 Å². The van der Waals surface area contributed by atoms with E-state index in [-0.39, 0.29) is 56.9 Å². The molecule has 0 saturated carbocycles. The SMILES string of the molecule is NC(=O)CCC(N)C(=O)N1CCCC1C(=O)NC(Cc1ccc(O)cc1)C(=O)NC(CCCN=C(N)N)C(=O)O. The van der Waals surface area contributed by atoms with Crippen molar-refractivity contribution in [3.05, 3.63) is 29.8 Å². The molecule has 0 bridgehead atoms. The number of carboxylic acid groups (broad SMARTS) is 1. The average molecular weight is 563 g/mol. The van der Waals surface area contributed by atoms with Crippen LogP contribution in [-0.2, 0) is 30.4 Å². The standard InChI is InChI=1S/C25H38N8O7/c26-16(9-10-20(27)35)23(38)33-12-2-4-19(33)22(37)32-18(13-14-5-7-15(34)8-6-14)21(36)31-17(24(39)40)3-1-11-30-25(28)29/h5-8,16-19,34H,1-4,9-13,26H2,(H2,27,35)(H,31,36)(H,32,37)(H,39,40)(H4,28,29,30). The Morgan fingerprint density at radius 1 is 1.02 bits per heavy atom. The number of aliphatic carboxylic acids is 1. The van der Waals surface area contributed by atoms with E-state index in [0.29, 0.717) is 18.4 Å². The number of aromatic hydroxyl groups is 1. The lowest BCUT2D eigenvalue weighted by molar-refractivity contribution is -0.143. The Bertz CT molecular complexity index is 1090. The number of rotatable bonds is 15. The minimum atomic E-state index is -1.27. The monoisotopic (exact) mass is 562 g/mol. The molecular formula is C25H38N8O7. The number of likely N-dealkylation sites (tertiary alicyclic amines) is 1. The Morgan fingerprint density at radius 3 is 2.30 bits per heavy atom. The van der Waals surface area contributed by atoms with E-state index in [1.807, 2.05) is 0 Å². The van der Waals surface area contributed by atoms with Gasteiger partial charge in [0.25, 0.3) is 0 Å². The third-order valence-electron chi connectivity index (χ3n) is 6.43. The number of nitrogens with two attached hydrogens (primary N) is 4. The highest BCUT2D eigenvalue weighted by Gasteiger charge is 2.38. The van der Waals surface area contributed by atoms with Gasteiger partial charge in [0.1, 0.15) is 23.9 Å². The molecule has 4 unspecified atom stereocenters. The molecular weight excluding hydrogens is 524 g/mol. The highest BCUT2D eigenvalue weighted by molar-refractivity contribution is 5.94. The van der Waals surface area contributed by atoms with Crippen molar-refractivity contribution in [2.45, 2.75) is 69.1 Å². The Kier molecular flexibility index (Phi) is 12.1. The molecule has 1 aromatic rings. The van der Waals surface area contributed by atoms with Crippen molar-refractivity contribution >= 4 is 35.6 Å². The molecule has 15 nitrogen and oxygen atoms in total. The lowest BCUT2D eigenvalue weighted by Crippen LogP contribution is -2.57. The fourth-order valence-corrected chi connectivity index (χ4v) is 4.32. The quantitative estimate of drug-likeness (QED) is 0.0639. The van der Waals surface area contributed by atoms with Gasteiger partial charge in [-0.25, -0.2) is 4.79 Å². The molecule has 1 fully saturated rings. The summed E-state index contributed by atoms with van der Waals surface area (Å²) >= 11 is 0. The van der Waals surface area contributed by atoms with Gasteiger partial charge in [-0.2, -0.15) is 0 Å². The van der Waals surface area contributed by atoms with Crippen molar-refractivity contribution in [3.63, 3.8) is 0 Å². The van der Waals surface area contributed by atoms with Gasteiger partial charge < -0.3 is 48.7 Å². The maximum Gasteiger partial charge on any atom is 0.326 e. The van der Waals surface area contributed by atoms with Crippen molar-refractivity contribution in [2.75, 3.05) is 13.1 Å². The highest BCUT2D eigenvalue weighted by atomic mass is 16.4. The molecule has 2 rings (SSSR count). The number of benzene rings is 1. The first-order chi connectivity index (χ1) is 18.9. The average Bonchev–Trinajstić information content (AvgIpc) is 3.39. The van der Waals surface area contributed by atoms with E-state index < -0.39 is 53.8 Å². The Labute approximate surface area is 231 Å². The van der Waals surface area contributed by atoms with Crippen molar-refractivity contribution in [3.8, 4) is 5.75 Å². The number of carboxylic acids is 1. The van der Waals surface area contributed by atoms with Gasteiger partial charge in [0.15, 0.2) is 5.96 Å². The molecule has 1 aliphatic heterocycles. The van der Waals surface area contributed by atoms with E-state index in [9.17, 15) is 34.2 Å². The fourth-order valence-electron chi connectivity index (χ4n) is 4.32. The Hall–Kier alpha value is -4.40. The van der Waals surface area contributed by atoms with E-state index in [0.717, 1.165) is 0 Å². The second kappa shape index (κ2) is 15.3. The molecule has 1 heterocycles. The topological polar surface area (TPSA) is 270 Å². The van der Waals surface area contributed by atoms with Gasteiger partial charge >= 0.3 is 5.97 Å². The summed E-state index contributed by atoms with van der Waals surface area (Å²) in [6, 6.07) is 1.57. The number of nitrogens with one attached hydrogen (secondary N) is 2. The van der Waals surface area contributed by atoms with Gasteiger partial charge in [0, 0.05) is 25.9 Å². The summed E-state index contributed by atoms with van der Waals surface area (Å²) in [4.78, 5) is 67.4. The number of nitrogens with zero attached hydrogens (tertiary/aromatic N) is 2. The molecule has 220 valence electrons. The van der Waals surface area contributed by atoms with Gasteiger partial charge in [0.2, 0.25) is 23.6 Å². The third kappa shape index (κ3) is 10.1. The Morgan fingerprint density at radius 2 is 1.70 bits per heavy atom. The summed E-state index contributed by atoms with van der Waals surface area (Å²) < 4.78 is 0. The summed E-state index contributed by atoms with van der Waals surface area (Å²) in [5.74, 6) is -3.86. The number of carbonyl (C=O) groups is 5. The fraction of sp³-hybridized carbons (Fsp3) is 0.520. The first-order valence-electron chi connectivity index (χ1n) is 12.9. The zero-order valence-corrected chi connectivity index (χ0v) is 22.1. The summed E-state index contributed by atoms with van der Waals surface area (Å²) in [5.41, 5.74) is 22.2. The van der Waals surface area contributed by atoms with Gasteiger partial charge in [0.05, 0.1) is 6.04 Å². The number of hydrogen-bond donors (Lipinski definition) is 8.